The summed E-state index contributed by atoms with van der Waals surface area (Å²) in [5.74, 6) is 0. The Kier molecular flexibility index (Phi) is 4.79. The van der Waals surface area contributed by atoms with E-state index < -0.39 is 0 Å². The van der Waals surface area contributed by atoms with Crippen molar-refractivity contribution in [3.63, 3.8) is 0 Å². The SMILES string of the molecule is Cc1ncc(-c2nnc(CCCNC(C)C)s2)s1. The molecule has 2 aromatic rings. The van der Waals surface area contributed by atoms with E-state index in [9.17, 15) is 0 Å². The van der Waals surface area contributed by atoms with Gasteiger partial charge in [0.05, 0.1) is 9.88 Å². The van der Waals surface area contributed by atoms with Crippen molar-refractivity contribution >= 4 is 22.7 Å². The number of nitrogens with zero attached hydrogens (tertiary/aromatic N) is 3. The standard InChI is InChI=1S/C12H18N4S2/c1-8(2)13-6-4-5-11-15-16-12(18-11)10-7-14-9(3)17-10/h7-8,13H,4-6H2,1-3H3. The number of aromatic nitrogens is 3. The highest BCUT2D eigenvalue weighted by Gasteiger charge is 2.09. The Labute approximate surface area is 116 Å². The lowest BCUT2D eigenvalue weighted by atomic mass is 10.3. The Morgan fingerprint density at radius 1 is 1.28 bits per heavy atom. The van der Waals surface area contributed by atoms with E-state index in [2.05, 4.69) is 34.3 Å². The van der Waals surface area contributed by atoms with E-state index in [1.807, 2.05) is 13.1 Å². The molecule has 2 aromatic heterocycles. The van der Waals surface area contributed by atoms with E-state index in [0.29, 0.717) is 6.04 Å². The van der Waals surface area contributed by atoms with Crippen molar-refractivity contribution in [1.82, 2.24) is 20.5 Å². The molecule has 0 bridgehead atoms. The molecule has 0 spiro atoms. The second-order valence-corrected chi connectivity index (χ2v) is 6.75. The highest BCUT2D eigenvalue weighted by molar-refractivity contribution is 7.21. The summed E-state index contributed by atoms with van der Waals surface area (Å²) in [6.07, 6.45) is 3.98. The van der Waals surface area contributed by atoms with Gasteiger partial charge in [-0.3, -0.25) is 0 Å². The van der Waals surface area contributed by atoms with Crippen molar-refractivity contribution in [3.05, 3.63) is 16.2 Å². The van der Waals surface area contributed by atoms with Gasteiger partial charge in [0.25, 0.3) is 0 Å². The van der Waals surface area contributed by atoms with Gasteiger partial charge in [-0.05, 0) is 19.9 Å². The zero-order chi connectivity index (χ0) is 13.0. The second kappa shape index (κ2) is 6.36. The molecule has 98 valence electrons. The van der Waals surface area contributed by atoms with E-state index >= 15 is 0 Å². The van der Waals surface area contributed by atoms with Crippen LogP contribution in [0.5, 0.6) is 0 Å². The minimum absolute atomic E-state index is 0.551. The summed E-state index contributed by atoms with van der Waals surface area (Å²) in [5, 5.41) is 15.1. The van der Waals surface area contributed by atoms with Gasteiger partial charge in [0.1, 0.15) is 5.01 Å². The third-order valence-electron chi connectivity index (χ3n) is 2.42. The van der Waals surface area contributed by atoms with Crippen molar-refractivity contribution in [3.8, 4) is 9.88 Å². The smallest absolute Gasteiger partial charge is 0.159 e. The summed E-state index contributed by atoms with van der Waals surface area (Å²) < 4.78 is 0. The molecule has 0 amide bonds. The molecule has 0 aliphatic heterocycles. The average molecular weight is 282 g/mol. The summed E-state index contributed by atoms with van der Waals surface area (Å²) in [7, 11) is 0. The van der Waals surface area contributed by atoms with E-state index in [0.717, 1.165) is 39.3 Å². The van der Waals surface area contributed by atoms with Crippen molar-refractivity contribution in [1.29, 1.82) is 0 Å². The summed E-state index contributed by atoms with van der Waals surface area (Å²) in [6, 6.07) is 0.551. The van der Waals surface area contributed by atoms with E-state index in [1.165, 1.54) is 0 Å². The molecule has 0 atom stereocenters. The Balaban J connectivity index is 1.86. The molecule has 0 unspecified atom stereocenters. The van der Waals surface area contributed by atoms with Crippen LogP contribution in [0, 0.1) is 6.92 Å². The van der Waals surface area contributed by atoms with E-state index in [-0.39, 0.29) is 0 Å². The minimum atomic E-state index is 0.551. The van der Waals surface area contributed by atoms with Crippen molar-refractivity contribution < 1.29 is 0 Å². The molecular weight excluding hydrogens is 264 g/mol. The second-order valence-electron chi connectivity index (χ2n) is 4.46. The van der Waals surface area contributed by atoms with Crippen LogP contribution in [0.3, 0.4) is 0 Å². The van der Waals surface area contributed by atoms with Gasteiger partial charge in [0.15, 0.2) is 5.01 Å². The summed E-state index contributed by atoms with van der Waals surface area (Å²) >= 11 is 3.35. The first-order valence-electron chi connectivity index (χ1n) is 6.13. The number of rotatable bonds is 6. The number of nitrogens with one attached hydrogen (secondary N) is 1. The van der Waals surface area contributed by atoms with Gasteiger partial charge in [-0.1, -0.05) is 25.2 Å². The Morgan fingerprint density at radius 2 is 2.11 bits per heavy atom. The predicted octanol–water partition coefficient (Wildman–Crippen LogP) is 2.90. The zero-order valence-electron chi connectivity index (χ0n) is 10.9. The fourth-order valence-electron chi connectivity index (χ4n) is 1.54. The van der Waals surface area contributed by atoms with Gasteiger partial charge in [-0.15, -0.1) is 21.5 Å². The minimum Gasteiger partial charge on any atom is -0.315 e. The third kappa shape index (κ3) is 3.83. The molecular formula is C12H18N4S2. The summed E-state index contributed by atoms with van der Waals surface area (Å²) in [6.45, 7) is 7.37. The molecule has 0 aromatic carbocycles. The van der Waals surface area contributed by atoms with Gasteiger partial charge < -0.3 is 5.32 Å². The summed E-state index contributed by atoms with van der Waals surface area (Å²) in [5.41, 5.74) is 0. The number of aryl methyl sites for hydroxylation is 2. The fourth-order valence-corrected chi connectivity index (χ4v) is 3.24. The molecule has 0 fully saturated rings. The van der Waals surface area contributed by atoms with Gasteiger partial charge in [0.2, 0.25) is 0 Å². The van der Waals surface area contributed by atoms with Crippen LogP contribution in [0.25, 0.3) is 9.88 Å². The first-order valence-corrected chi connectivity index (χ1v) is 7.77. The molecule has 0 aliphatic carbocycles. The topological polar surface area (TPSA) is 50.7 Å². The molecule has 1 N–H and O–H groups in total. The molecule has 0 radical (unpaired) electrons. The average Bonchev–Trinajstić information content (AvgIpc) is 2.93. The molecule has 0 aliphatic rings. The maximum Gasteiger partial charge on any atom is 0.159 e. The fraction of sp³-hybridized carbons (Fsp3) is 0.583. The van der Waals surface area contributed by atoms with Crippen molar-refractivity contribution in [2.75, 3.05) is 6.54 Å². The Morgan fingerprint density at radius 3 is 2.78 bits per heavy atom. The lowest BCUT2D eigenvalue weighted by Gasteiger charge is -2.05. The third-order valence-corrected chi connectivity index (χ3v) is 4.48. The van der Waals surface area contributed by atoms with Crippen LogP contribution in [-0.2, 0) is 6.42 Å². The monoisotopic (exact) mass is 282 g/mol. The quantitative estimate of drug-likeness (QED) is 0.828. The molecule has 2 heterocycles. The summed E-state index contributed by atoms with van der Waals surface area (Å²) in [4.78, 5) is 5.37. The van der Waals surface area contributed by atoms with Gasteiger partial charge in [-0.25, -0.2) is 4.98 Å². The van der Waals surface area contributed by atoms with E-state index in [4.69, 9.17) is 0 Å². The maximum absolute atomic E-state index is 4.24. The molecule has 2 rings (SSSR count). The predicted molar refractivity (Wildman–Crippen MR) is 77.2 cm³/mol. The van der Waals surface area contributed by atoms with Crippen molar-refractivity contribution in [2.24, 2.45) is 0 Å². The molecule has 6 heteroatoms. The largest absolute Gasteiger partial charge is 0.315 e. The van der Waals surface area contributed by atoms with Crippen LogP contribution >= 0.6 is 22.7 Å². The van der Waals surface area contributed by atoms with E-state index in [1.54, 1.807) is 22.7 Å². The zero-order valence-corrected chi connectivity index (χ0v) is 12.6. The first-order chi connectivity index (χ1) is 8.65. The Bertz CT molecular complexity index is 490. The van der Waals surface area contributed by atoms with Gasteiger partial charge in [-0.2, -0.15) is 0 Å². The maximum atomic E-state index is 4.24. The first kappa shape index (κ1) is 13.6. The number of thiazole rings is 1. The Hall–Kier alpha value is -0.850. The van der Waals surface area contributed by atoms with Crippen LogP contribution in [0.1, 0.15) is 30.3 Å². The van der Waals surface area contributed by atoms with Crippen molar-refractivity contribution in [2.45, 2.75) is 39.7 Å². The lowest BCUT2D eigenvalue weighted by molar-refractivity contribution is 0.569. The number of hydrogen-bond donors (Lipinski definition) is 1. The van der Waals surface area contributed by atoms with Crippen LogP contribution in [0.15, 0.2) is 6.20 Å². The van der Waals surface area contributed by atoms with Gasteiger partial charge >= 0.3 is 0 Å². The molecule has 0 saturated heterocycles. The van der Waals surface area contributed by atoms with Crippen LogP contribution in [0.4, 0.5) is 0 Å². The highest BCUT2D eigenvalue weighted by Crippen LogP contribution is 2.28. The van der Waals surface area contributed by atoms with Gasteiger partial charge in [0, 0.05) is 18.7 Å². The molecule has 0 saturated carbocycles. The highest BCUT2D eigenvalue weighted by atomic mass is 32.1. The van der Waals surface area contributed by atoms with Crippen LogP contribution < -0.4 is 5.32 Å². The number of hydrogen-bond acceptors (Lipinski definition) is 6. The molecule has 18 heavy (non-hydrogen) atoms. The van der Waals surface area contributed by atoms with Crippen LogP contribution in [0.2, 0.25) is 0 Å². The lowest BCUT2D eigenvalue weighted by Crippen LogP contribution is -2.23. The normalized spacial score (nSPS) is 11.3. The van der Waals surface area contributed by atoms with Crippen LogP contribution in [-0.4, -0.2) is 27.8 Å². The molecule has 4 nitrogen and oxygen atoms in total.